The van der Waals surface area contributed by atoms with Crippen LogP contribution in [0.1, 0.15) is 36.0 Å². The molecule has 2 fully saturated rings. The fourth-order valence-corrected chi connectivity index (χ4v) is 3.54. The Morgan fingerprint density at radius 3 is 2.40 bits per heavy atom. The summed E-state index contributed by atoms with van der Waals surface area (Å²) in [6.07, 6.45) is 3.66. The van der Waals surface area contributed by atoms with E-state index in [9.17, 15) is 9.90 Å². The summed E-state index contributed by atoms with van der Waals surface area (Å²) in [7, 11) is 1.62. The first-order valence-corrected chi connectivity index (χ1v) is 7.28. The van der Waals surface area contributed by atoms with Gasteiger partial charge in [0.2, 0.25) is 0 Å². The van der Waals surface area contributed by atoms with Crippen LogP contribution in [0.15, 0.2) is 24.3 Å². The molecule has 2 unspecified atom stereocenters. The van der Waals surface area contributed by atoms with Gasteiger partial charge in [-0.2, -0.15) is 0 Å². The van der Waals surface area contributed by atoms with Crippen molar-refractivity contribution in [2.24, 2.45) is 0 Å². The van der Waals surface area contributed by atoms with Crippen LogP contribution in [-0.4, -0.2) is 47.6 Å². The number of aliphatic hydroxyl groups excluding tert-OH is 1. The van der Waals surface area contributed by atoms with Gasteiger partial charge in [0.05, 0.1) is 19.8 Å². The summed E-state index contributed by atoms with van der Waals surface area (Å²) in [6, 6.07) is 8.05. The molecule has 2 aliphatic rings. The molecule has 20 heavy (non-hydrogen) atoms. The summed E-state index contributed by atoms with van der Waals surface area (Å²) in [5, 5.41) is 9.79. The molecule has 0 saturated carbocycles. The number of carbonyl (C=O) groups excluding carboxylic acids is 1. The average molecular weight is 275 g/mol. The van der Waals surface area contributed by atoms with Crippen LogP contribution in [0.4, 0.5) is 0 Å². The van der Waals surface area contributed by atoms with Gasteiger partial charge in [0.25, 0.3) is 0 Å². The number of Topliss-reactive ketones (excluding diaryl/α,β-unsaturated/α-hetero) is 1. The van der Waals surface area contributed by atoms with Crippen molar-refractivity contribution < 1.29 is 14.6 Å². The molecule has 3 rings (SSSR count). The van der Waals surface area contributed by atoms with Crippen LogP contribution in [0.5, 0.6) is 5.75 Å². The highest BCUT2D eigenvalue weighted by Gasteiger charge is 2.40. The first kappa shape index (κ1) is 13.6. The van der Waals surface area contributed by atoms with E-state index >= 15 is 0 Å². The SMILES string of the molecule is COc1ccc(C(=O)CN2C3CCC2CC(O)C3)cc1. The zero-order valence-corrected chi connectivity index (χ0v) is 11.8. The number of ketones is 1. The third-order valence-corrected chi connectivity index (χ3v) is 4.60. The number of piperidine rings is 1. The minimum Gasteiger partial charge on any atom is -0.497 e. The molecule has 4 heteroatoms. The molecule has 2 atom stereocenters. The third-order valence-electron chi connectivity index (χ3n) is 4.60. The lowest BCUT2D eigenvalue weighted by molar-refractivity contribution is 0.0344. The lowest BCUT2D eigenvalue weighted by Gasteiger charge is -2.36. The van der Waals surface area contributed by atoms with Crippen molar-refractivity contribution in [2.75, 3.05) is 13.7 Å². The molecular weight excluding hydrogens is 254 g/mol. The van der Waals surface area contributed by atoms with Crippen molar-refractivity contribution in [2.45, 2.75) is 43.9 Å². The fraction of sp³-hybridized carbons (Fsp3) is 0.562. The average Bonchev–Trinajstić information content (AvgIpc) is 2.70. The minimum atomic E-state index is -0.181. The van der Waals surface area contributed by atoms with Gasteiger partial charge in [-0.05, 0) is 49.9 Å². The maximum absolute atomic E-state index is 12.4. The normalized spacial score (nSPS) is 29.4. The maximum atomic E-state index is 12.4. The monoisotopic (exact) mass is 275 g/mol. The second-order valence-corrected chi connectivity index (χ2v) is 5.83. The molecule has 2 bridgehead atoms. The van der Waals surface area contributed by atoms with Gasteiger partial charge in [0, 0.05) is 17.6 Å². The molecule has 0 amide bonds. The van der Waals surface area contributed by atoms with Crippen LogP contribution in [0.3, 0.4) is 0 Å². The molecule has 108 valence electrons. The number of hydrogen-bond donors (Lipinski definition) is 1. The number of aliphatic hydroxyl groups is 1. The van der Waals surface area contributed by atoms with Gasteiger partial charge < -0.3 is 9.84 Å². The van der Waals surface area contributed by atoms with Crippen molar-refractivity contribution in [1.82, 2.24) is 4.90 Å². The third kappa shape index (κ3) is 2.58. The van der Waals surface area contributed by atoms with E-state index in [4.69, 9.17) is 4.74 Å². The molecule has 1 N–H and O–H groups in total. The van der Waals surface area contributed by atoms with E-state index in [2.05, 4.69) is 4.90 Å². The summed E-state index contributed by atoms with van der Waals surface area (Å²) < 4.78 is 5.11. The van der Waals surface area contributed by atoms with Gasteiger partial charge in [0.15, 0.2) is 5.78 Å². The number of ether oxygens (including phenoxy) is 1. The van der Waals surface area contributed by atoms with Crippen molar-refractivity contribution in [3.05, 3.63) is 29.8 Å². The van der Waals surface area contributed by atoms with Gasteiger partial charge in [0.1, 0.15) is 5.75 Å². The molecule has 1 aromatic rings. The van der Waals surface area contributed by atoms with Crippen LogP contribution in [0.2, 0.25) is 0 Å². The van der Waals surface area contributed by atoms with Crippen LogP contribution >= 0.6 is 0 Å². The Hall–Kier alpha value is -1.39. The van der Waals surface area contributed by atoms with Crippen LogP contribution < -0.4 is 4.74 Å². The lowest BCUT2D eigenvalue weighted by Crippen LogP contribution is -2.46. The van der Waals surface area contributed by atoms with E-state index < -0.39 is 0 Å². The highest BCUT2D eigenvalue weighted by Crippen LogP contribution is 2.35. The minimum absolute atomic E-state index is 0.154. The Kier molecular flexibility index (Phi) is 3.76. The number of carbonyl (C=O) groups is 1. The number of rotatable bonds is 4. The Labute approximate surface area is 119 Å². The van der Waals surface area contributed by atoms with Crippen molar-refractivity contribution in [1.29, 1.82) is 0 Å². The first-order valence-electron chi connectivity index (χ1n) is 7.28. The van der Waals surface area contributed by atoms with Crippen molar-refractivity contribution in [3.8, 4) is 5.75 Å². The Bertz CT molecular complexity index is 471. The molecule has 0 aromatic heterocycles. The highest BCUT2D eigenvalue weighted by molar-refractivity contribution is 5.97. The van der Waals surface area contributed by atoms with Crippen molar-refractivity contribution in [3.63, 3.8) is 0 Å². The summed E-state index contributed by atoms with van der Waals surface area (Å²) in [5.41, 5.74) is 0.733. The Balaban J connectivity index is 1.67. The standard InChI is InChI=1S/C16H21NO3/c1-20-15-6-2-11(3-7-15)16(19)10-17-12-4-5-13(17)9-14(18)8-12/h2-3,6-7,12-14,18H,4-5,8-10H2,1H3. The van der Waals surface area contributed by atoms with E-state index in [1.165, 1.54) is 0 Å². The molecule has 1 aromatic carbocycles. The van der Waals surface area contributed by atoms with Gasteiger partial charge in [-0.25, -0.2) is 0 Å². The number of methoxy groups -OCH3 is 1. The molecule has 0 spiro atoms. The fourth-order valence-electron chi connectivity index (χ4n) is 3.54. The van der Waals surface area contributed by atoms with Gasteiger partial charge in [-0.3, -0.25) is 9.69 Å². The molecular formula is C16H21NO3. The molecule has 2 saturated heterocycles. The molecule has 2 heterocycles. The first-order chi connectivity index (χ1) is 9.67. The molecule has 4 nitrogen and oxygen atoms in total. The van der Waals surface area contributed by atoms with E-state index in [0.717, 1.165) is 37.0 Å². The van der Waals surface area contributed by atoms with E-state index in [0.29, 0.717) is 18.6 Å². The predicted octanol–water partition coefficient (Wildman–Crippen LogP) is 1.87. The largest absolute Gasteiger partial charge is 0.497 e. The summed E-state index contributed by atoms with van der Waals surface area (Å²) in [6.45, 7) is 0.467. The van der Waals surface area contributed by atoms with Crippen LogP contribution in [-0.2, 0) is 0 Å². The van der Waals surface area contributed by atoms with Crippen molar-refractivity contribution >= 4 is 5.78 Å². The zero-order chi connectivity index (χ0) is 14.1. The molecule has 0 radical (unpaired) electrons. The summed E-state index contributed by atoms with van der Waals surface area (Å²) in [4.78, 5) is 14.7. The number of hydrogen-bond acceptors (Lipinski definition) is 4. The van der Waals surface area contributed by atoms with E-state index in [-0.39, 0.29) is 11.9 Å². The van der Waals surface area contributed by atoms with E-state index in [1.807, 2.05) is 24.3 Å². The smallest absolute Gasteiger partial charge is 0.176 e. The second kappa shape index (κ2) is 5.54. The van der Waals surface area contributed by atoms with Gasteiger partial charge in [-0.1, -0.05) is 0 Å². The van der Waals surface area contributed by atoms with E-state index in [1.54, 1.807) is 7.11 Å². The number of benzene rings is 1. The number of fused-ring (bicyclic) bond motifs is 2. The van der Waals surface area contributed by atoms with Gasteiger partial charge in [-0.15, -0.1) is 0 Å². The van der Waals surface area contributed by atoms with Crippen LogP contribution in [0.25, 0.3) is 0 Å². The predicted molar refractivity (Wildman–Crippen MR) is 76.1 cm³/mol. The maximum Gasteiger partial charge on any atom is 0.176 e. The lowest BCUT2D eigenvalue weighted by atomic mass is 9.99. The zero-order valence-electron chi connectivity index (χ0n) is 11.8. The van der Waals surface area contributed by atoms with Gasteiger partial charge >= 0.3 is 0 Å². The topological polar surface area (TPSA) is 49.8 Å². The second-order valence-electron chi connectivity index (χ2n) is 5.83. The summed E-state index contributed by atoms with van der Waals surface area (Å²) in [5.74, 6) is 0.920. The Morgan fingerprint density at radius 1 is 1.25 bits per heavy atom. The number of nitrogens with zero attached hydrogens (tertiary/aromatic N) is 1. The Morgan fingerprint density at radius 2 is 1.85 bits per heavy atom. The molecule has 2 aliphatic heterocycles. The summed E-state index contributed by atoms with van der Waals surface area (Å²) >= 11 is 0. The highest BCUT2D eigenvalue weighted by atomic mass is 16.5. The van der Waals surface area contributed by atoms with Crippen LogP contribution in [0, 0.1) is 0 Å². The molecule has 0 aliphatic carbocycles. The quantitative estimate of drug-likeness (QED) is 0.852.